The van der Waals surface area contributed by atoms with E-state index in [1.807, 2.05) is 38.1 Å². The maximum Gasteiger partial charge on any atom is 0.242 e. The highest BCUT2D eigenvalue weighted by Crippen LogP contribution is 2.74. The average Bonchev–Trinajstić information content (AvgIpc) is 2.83. The lowest BCUT2D eigenvalue weighted by Gasteiger charge is -2.64. The van der Waals surface area contributed by atoms with Crippen LogP contribution in [0.4, 0.5) is 0 Å². The Bertz CT molecular complexity index is 1040. The van der Waals surface area contributed by atoms with E-state index in [4.69, 9.17) is 0 Å². The third-order valence-electron chi connectivity index (χ3n) is 7.38. The molecule has 3 nitrogen and oxygen atoms in total. The number of fused-ring (bicyclic) bond motifs is 3. The standard InChI is InChI=1S/C25H21NO2/c1-15(2)26-22(27)24-18-9-5-3-7-16(18)11-13-20(24)21-14-12-17-8-4-6-10-19(17)25(21,24)23(26)28/h3-15,20-21H,1-2H3/t20-,21+,24-,25-/m0/s1. The van der Waals surface area contributed by atoms with Gasteiger partial charge >= 0.3 is 0 Å². The summed E-state index contributed by atoms with van der Waals surface area (Å²) in [5, 5.41) is 0. The molecule has 1 aliphatic heterocycles. The molecular formula is C25H21NO2. The van der Waals surface area contributed by atoms with Crippen molar-refractivity contribution in [3.8, 4) is 0 Å². The smallest absolute Gasteiger partial charge is 0.242 e. The van der Waals surface area contributed by atoms with Crippen LogP contribution in [0.25, 0.3) is 12.2 Å². The Labute approximate surface area is 164 Å². The number of likely N-dealkylation sites (tertiary alicyclic amines) is 1. The molecule has 0 aromatic heterocycles. The number of rotatable bonds is 1. The summed E-state index contributed by atoms with van der Waals surface area (Å²) in [6.07, 6.45) is 8.58. The van der Waals surface area contributed by atoms with Crippen LogP contribution in [0.15, 0.2) is 60.7 Å². The van der Waals surface area contributed by atoms with Gasteiger partial charge in [0.05, 0.1) is 0 Å². The summed E-state index contributed by atoms with van der Waals surface area (Å²) in [6.45, 7) is 3.87. The molecular weight excluding hydrogens is 346 g/mol. The largest absolute Gasteiger partial charge is 0.278 e. The van der Waals surface area contributed by atoms with Crippen LogP contribution in [0, 0.1) is 11.8 Å². The molecule has 28 heavy (non-hydrogen) atoms. The van der Waals surface area contributed by atoms with Gasteiger partial charge in [0.15, 0.2) is 0 Å². The highest BCUT2D eigenvalue weighted by atomic mass is 16.2. The SMILES string of the molecule is CC(C)N1C(=O)[C@]23c4ccccc4C=C[C@@H]2[C@@H]2C=Cc4ccccc4[C@@]23C1=O. The number of carbonyl (C=O) groups is 2. The van der Waals surface area contributed by atoms with Crippen molar-refractivity contribution in [1.29, 1.82) is 0 Å². The molecule has 3 aliphatic carbocycles. The summed E-state index contributed by atoms with van der Waals surface area (Å²) in [4.78, 5) is 29.6. The van der Waals surface area contributed by atoms with Crippen molar-refractivity contribution >= 4 is 24.0 Å². The zero-order chi connectivity index (χ0) is 19.3. The van der Waals surface area contributed by atoms with E-state index in [9.17, 15) is 9.59 Å². The first-order valence-corrected chi connectivity index (χ1v) is 9.99. The van der Waals surface area contributed by atoms with Crippen LogP contribution >= 0.6 is 0 Å². The summed E-state index contributed by atoms with van der Waals surface area (Å²) in [5.41, 5.74) is 2.43. The van der Waals surface area contributed by atoms with Crippen LogP contribution in [0.5, 0.6) is 0 Å². The molecule has 2 fully saturated rings. The lowest BCUT2D eigenvalue weighted by molar-refractivity contribution is -0.142. The number of allylic oxidation sites excluding steroid dienone is 2. The van der Waals surface area contributed by atoms with E-state index in [1.165, 1.54) is 0 Å². The minimum atomic E-state index is -0.842. The molecule has 0 unspecified atom stereocenters. The van der Waals surface area contributed by atoms with Gasteiger partial charge in [0, 0.05) is 17.9 Å². The maximum absolute atomic E-state index is 14.0. The zero-order valence-corrected chi connectivity index (χ0v) is 15.9. The van der Waals surface area contributed by atoms with Crippen LogP contribution in [-0.2, 0) is 20.4 Å². The molecule has 2 aromatic carbocycles. The molecule has 4 aliphatic rings. The first-order valence-electron chi connectivity index (χ1n) is 9.99. The summed E-state index contributed by atoms with van der Waals surface area (Å²) in [7, 11) is 0. The van der Waals surface area contributed by atoms with E-state index in [-0.39, 0.29) is 29.7 Å². The van der Waals surface area contributed by atoms with Gasteiger partial charge in [0.1, 0.15) is 10.8 Å². The Morgan fingerprint density at radius 3 is 1.61 bits per heavy atom. The van der Waals surface area contributed by atoms with Gasteiger partial charge in [-0.2, -0.15) is 0 Å². The lowest BCUT2D eigenvalue weighted by atomic mass is 9.33. The van der Waals surface area contributed by atoms with Gasteiger partial charge < -0.3 is 0 Å². The van der Waals surface area contributed by atoms with E-state index < -0.39 is 10.8 Å². The van der Waals surface area contributed by atoms with Crippen LogP contribution < -0.4 is 0 Å². The molecule has 138 valence electrons. The van der Waals surface area contributed by atoms with E-state index in [0.29, 0.717) is 0 Å². The fourth-order valence-electron chi connectivity index (χ4n) is 6.49. The number of hydrogen-bond acceptors (Lipinski definition) is 2. The monoisotopic (exact) mass is 367 g/mol. The number of hydrogen-bond donors (Lipinski definition) is 0. The molecule has 1 saturated heterocycles. The van der Waals surface area contributed by atoms with Crippen molar-refractivity contribution in [3.63, 3.8) is 0 Å². The highest BCUT2D eigenvalue weighted by Gasteiger charge is 2.85. The van der Waals surface area contributed by atoms with Crippen LogP contribution in [-0.4, -0.2) is 22.8 Å². The van der Waals surface area contributed by atoms with Gasteiger partial charge in [0.2, 0.25) is 11.8 Å². The summed E-state index contributed by atoms with van der Waals surface area (Å²) < 4.78 is 0. The fourth-order valence-corrected chi connectivity index (χ4v) is 6.49. The maximum atomic E-state index is 14.0. The Morgan fingerprint density at radius 1 is 0.750 bits per heavy atom. The second kappa shape index (κ2) is 4.91. The van der Waals surface area contributed by atoms with Crippen LogP contribution in [0.1, 0.15) is 36.1 Å². The Morgan fingerprint density at radius 2 is 1.18 bits per heavy atom. The minimum absolute atomic E-state index is 0.00667. The lowest BCUT2D eigenvalue weighted by Crippen LogP contribution is -2.73. The molecule has 2 spiro atoms. The molecule has 3 heteroatoms. The molecule has 0 radical (unpaired) electrons. The highest BCUT2D eigenvalue weighted by molar-refractivity contribution is 6.20. The Balaban J connectivity index is 1.76. The van der Waals surface area contributed by atoms with Crippen molar-refractivity contribution in [1.82, 2.24) is 4.90 Å². The number of nitrogens with zero attached hydrogens (tertiary/aromatic N) is 1. The van der Waals surface area contributed by atoms with Crippen molar-refractivity contribution in [2.45, 2.75) is 30.7 Å². The van der Waals surface area contributed by atoms with E-state index in [2.05, 4.69) is 48.6 Å². The Kier molecular flexibility index (Phi) is 2.81. The van der Waals surface area contributed by atoms with Gasteiger partial charge in [-0.1, -0.05) is 72.8 Å². The normalized spacial score (nSPS) is 33.8. The van der Waals surface area contributed by atoms with Crippen molar-refractivity contribution < 1.29 is 9.59 Å². The Hall–Kier alpha value is -2.94. The number of carbonyl (C=O) groups excluding carboxylic acids is 2. The first-order chi connectivity index (χ1) is 13.6. The second-order valence-electron chi connectivity index (χ2n) is 8.63. The molecule has 6 rings (SSSR count). The van der Waals surface area contributed by atoms with Gasteiger partial charge in [-0.25, -0.2) is 0 Å². The minimum Gasteiger partial charge on any atom is -0.278 e. The predicted molar refractivity (Wildman–Crippen MR) is 108 cm³/mol. The topological polar surface area (TPSA) is 37.4 Å². The molecule has 0 N–H and O–H groups in total. The van der Waals surface area contributed by atoms with E-state index in [0.717, 1.165) is 22.3 Å². The van der Waals surface area contributed by atoms with Gasteiger partial charge in [-0.15, -0.1) is 0 Å². The molecule has 1 heterocycles. The third kappa shape index (κ3) is 1.38. The van der Waals surface area contributed by atoms with E-state index in [1.54, 1.807) is 4.90 Å². The summed E-state index contributed by atoms with van der Waals surface area (Å²) in [6, 6.07) is 16.0. The van der Waals surface area contributed by atoms with Gasteiger partial charge in [0.25, 0.3) is 0 Å². The predicted octanol–water partition coefficient (Wildman–Crippen LogP) is 3.94. The van der Waals surface area contributed by atoms with Crippen molar-refractivity contribution in [3.05, 3.63) is 82.9 Å². The molecule has 1 saturated carbocycles. The van der Waals surface area contributed by atoms with Gasteiger partial charge in [-0.05, 0) is 36.1 Å². The van der Waals surface area contributed by atoms with Crippen molar-refractivity contribution in [2.24, 2.45) is 11.8 Å². The zero-order valence-electron chi connectivity index (χ0n) is 15.9. The first kappa shape index (κ1) is 16.1. The average molecular weight is 367 g/mol. The van der Waals surface area contributed by atoms with Crippen LogP contribution in [0.3, 0.4) is 0 Å². The molecule has 2 amide bonds. The summed E-state index contributed by atoms with van der Waals surface area (Å²) in [5.74, 6) is -0.0503. The third-order valence-corrected chi connectivity index (χ3v) is 7.38. The molecule has 0 bridgehead atoms. The summed E-state index contributed by atoms with van der Waals surface area (Å²) >= 11 is 0. The molecule has 2 aromatic rings. The van der Waals surface area contributed by atoms with Gasteiger partial charge in [-0.3, -0.25) is 14.5 Å². The van der Waals surface area contributed by atoms with Crippen LogP contribution in [0.2, 0.25) is 0 Å². The second-order valence-corrected chi connectivity index (χ2v) is 8.63. The number of benzene rings is 2. The van der Waals surface area contributed by atoms with E-state index >= 15 is 0 Å². The number of imide groups is 1. The quantitative estimate of drug-likeness (QED) is 0.716. The fraction of sp³-hybridized carbons (Fsp3) is 0.280. The molecule has 4 atom stereocenters. The van der Waals surface area contributed by atoms with Crippen molar-refractivity contribution in [2.75, 3.05) is 0 Å². The number of amides is 2.